The van der Waals surface area contributed by atoms with E-state index in [1.54, 1.807) is 0 Å². The molecule has 0 fully saturated rings. The predicted molar refractivity (Wildman–Crippen MR) is 45.9 cm³/mol. The van der Waals surface area contributed by atoms with E-state index in [0.717, 1.165) is 0 Å². The fourth-order valence-electron chi connectivity index (χ4n) is 0.958. The molecule has 2 rings (SSSR count). The topological polar surface area (TPSA) is 114 Å². The molecular weight excluding hydrogens is 203 g/mol. The van der Waals surface area contributed by atoms with Gasteiger partial charge in [0, 0.05) is 51.4 Å². The summed E-state index contributed by atoms with van der Waals surface area (Å²) in [6, 6.07) is 0. The summed E-state index contributed by atoms with van der Waals surface area (Å²) in [6.45, 7) is 0. The third-order valence-corrected chi connectivity index (χ3v) is 1.42. The Bertz CT molecular complexity index is 588. The molecule has 1 radical (unpaired) electrons. The number of nitrogens with one attached hydrogen (secondary N) is 4. The number of aromatic amines is 4. The number of aromatic nitrogens is 4. The molecule has 4 N–H and O–H groups in total. The summed E-state index contributed by atoms with van der Waals surface area (Å²) < 4.78 is 0. The van der Waals surface area contributed by atoms with E-state index in [4.69, 9.17) is 0 Å². The second-order valence-corrected chi connectivity index (χ2v) is 2.24. The summed E-state index contributed by atoms with van der Waals surface area (Å²) in [4.78, 5) is 41.0. The average Bonchev–Trinajstić information content (AvgIpc) is 2.29. The summed E-state index contributed by atoms with van der Waals surface area (Å²) in [5.74, 6) is 0. The van der Waals surface area contributed by atoms with Crippen molar-refractivity contribution in [2.45, 2.75) is 0 Å². The van der Waals surface area contributed by atoms with Crippen LogP contribution in [-0.4, -0.2) is 71.3 Å². The van der Waals surface area contributed by atoms with Gasteiger partial charge in [-0.3, -0.25) is 24.7 Å². The van der Waals surface area contributed by atoms with Gasteiger partial charge in [0.1, 0.15) is 11.2 Å². The van der Waals surface area contributed by atoms with Gasteiger partial charge in [0.05, 0.1) is 0 Å². The van der Waals surface area contributed by atoms with E-state index in [9.17, 15) is 14.4 Å². The van der Waals surface area contributed by atoms with Crippen molar-refractivity contribution in [1.82, 2.24) is 19.9 Å². The minimum absolute atomic E-state index is 0. The summed E-state index contributed by atoms with van der Waals surface area (Å²) in [7, 11) is 0. The second kappa shape index (κ2) is 3.76. The van der Waals surface area contributed by atoms with Crippen molar-refractivity contribution in [2.75, 3.05) is 0 Å². The molecule has 0 aliphatic carbocycles. The van der Waals surface area contributed by atoms with Crippen molar-refractivity contribution in [2.24, 2.45) is 0 Å². The van der Waals surface area contributed by atoms with Crippen molar-refractivity contribution in [1.29, 1.82) is 0 Å². The standard InChI is InChI=1S/C5H4N4O3.K/c10-3-1-2(7-4(11)6-1)8-5(12)9-3;/h(H4,6,7,8,9,10,11,12);. The molecule has 0 unspecified atom stereocenters. The van der Waals surface area contributed by atoms with Gasteiger partial charge in [0.25, 0.3) is 5.56 Å². The molecule has 63 valence electrons. The smallest absolute Gasteiger partial charge is 0.300 e. The first-order valence-corrected chi connectivity index (χ1v) is 3.11. The van der Waals surface area contributed by atoms with Crippen LogP contribution < -0.4 is 16.9 Å². The Kier molecular flexibility index (Phi) is 3.08. The van der Waals surface area contributed by atoms with Crippen LogP contribution in [0.3, 0.4) is 0 Å². The Morgan fingerprint density at radius 3 is 1.92 bits per heavy atom. The predicted octanol–water partition coefficient (Wildman–Crippen LogP) is -2.15. The molecule has 7 nitrogen and oxygen atoms in total. The Hall–Kier alpha value is -0.414. The summed E-state index contributed by atoms with van der Waals surface area (Å²) in [5, 5.41) is 0. The Labute approximate surface area is 112 Å². The fraction of sp³-hybridized carbons (Fsp3) is 0. The van der Waals surface area contributed by atoms with Crippen LogP contribution in [0.2, 0.25) is 0 Å². The molecule has 2 aromatic rings. The first-order chi connectivity index (χ1) is 5.66. The van der Waals surface area contributed by atoms with E-state index in [1.165, 1.54) is 0 Å². The number of H-pyrrole nitrogens is 4. The van der Waals surface area contributed by atoms with Crippen molar-refractivity contribution in [3.8, 4) is 0 Å². The minimum Gasteiger partial charge on any atom is -0.300 e. The molecule has 0 saturated carbocycles. The van der Waals surface area contributed by atoms with E-state index in [1.807, 2.05) is 4.98 Å². The molecule has 2 aromatic heterocycles. The van der Waals surface area contributed by atoms with Crippen molar-refractivity contribution in [3.05, 3.63) is 31.3 Å². The normalized spacial score (nSPS) is 9.85. The van der Waals surface area contributed by atoms with Crippen LogP contribution in [-0.2, 0) is 0 Å². The van der Waals surface area contributed by atoms with Crippen LogP contribution in [0.5, 0.6) is 0 Å². The van der Waals surface area contributed by atoms with E-state index in [2.05, 4.69) is 15.0 Å². The number of rotatable bonds is 0. The monoisotopic (exact) mass is 207 g/mol. The Morgan fingerprint density at radius 2 is 1.31 bits per heavy atom. The molecule has 0 bridgehead atoms. The van der Waals surface area contributed by atoms with Crippen molar-refractivity contribution >= 4 is 62.5 Å². The fourth-order valence-corrected chi connectivity index (χ4v) is 0.958. The van der Waals surface area contributed by atoms with Crippen LogP contribution in [0.4, 0.5) is 0 Å². The van der Waals surface area contributed by atoms with Crippen LogP contribution >= 0.6 is 0 Å². The molecule has 0 aliphatic heterocycles. The first kappa shape index (κ1) is 10.7. The van der Waals surface area contributed by atoms with Gasteiger partial charge in [-0.25, -0.2) is 9.59 Å². The van der Waals surface area contributed by atoms with Crippen LogP contribution in [0.25, 0.3) is 11.2 Å². The molecule has 0 aliphatic rings. The van der Waals surface area contributed by atoms with Crippen LogP contribution in [0, 0.1) is 0 Å². The largest absolute Gasteiger partial charge is 0.327 e. The molecular formula is C5H4KN4O3. The van der Waals surface area contributed by atoms with Crippen LogP contribution in [0.1, 0.15) is 0 Å². The second-order valence-electron chi connectivity index (χ2n) is 2.24. The van der Waals surface area contributed by atoms with E-state index >= 15 is 0 Å². The molecule has 2 heterocycles. The zero-order valence-corrected chi connectivity index (χ0v) is 9.85. The molecule has 0 spiro atoms. The van der Waals surface area contributed by atoms with Gasteiger partial charge in [-0.2, -0.15) is 0 Å². The number of hydrogen-bond donors (Lipinski definition) is 4. The number of hydrogen-bond acceptors (Lipinski definition) is 3. The maximum Gasteiger partial charge on any atom is 0.327 e. The SMILES string of the molecule is O=c1[nH]c(=O)c2[nH]c(=O)[nH]c2[nH]1.[K]. The minimum atomic E-state index is -0.650. The maximum atomic E-state index is 10.9. The molecule has 13 heavy (non-hydrogen) atoms. The third kappa shape index (κ3) is 1.91. The van der Waals surface area contributed by atoms with Crippen molar-refractivity contribution in [3.63, 3.8) is 0 Å². The average molecular weight is 207 g/mol. The summed E-state index contributed by atoms with van der Waals surface area (Å²) >= 11 is 0. The van der Waals surface area contributed by atoms with Gasteiger partial charge >= 0.3 is 11.4 Å². The molecule has 0 aromatic carbocycles. The van der Waals surface area contributed by atoms with Gasteiger partial charge in [0.2, 0.25) is 0 Å². The zero-order chi connectivity index (χ0) is 8.72. The van der Waals surface area contributed by atoms with Crippen LogP contribution in [0.15, 0.2) is 14.4 Å². The molecule has 0 atom stereocenters. The van der Waals surface area contributed by atoms with Gasteiger partial charge in [-0.05, 0) is 0 Å². The third-order valence-electron chi connectivity index (χ3n) is 1.42. The van der Waals surface area contributed by atoms with Gasteiger partial charge in [0.15, 0.2) is 0 Å². The van der Waals surface area contributed by atoms with Crippen molar-refractivity contribution < 1.29 is 0 Å². The van der Waals surface area contributed by atoms with Gasteiger partial charge < -0.3 is 0 Å². The molecule has 0 amide bonds. The quantitative estimate of drug-likeness (QED) is 0.369. The molecule has 8 heteroatoms. The van der Waals surface area contributed by atoms with Gasteiger partial charge in [-0.1, -0.05) is 0 Å². The van der Waals surface area contributed by atoms with E-state index in [-0.39, 0.29) is 62.5 Å². The zero-order valence-electron chi connectivity index (χ0n) is 6.72. The Balaban J connectivity index is 0.000000845. The maximum absolute atomic E-state index is 10.9. The number of fused-ring (bicyclic) bond motifs is 1. The Morgan fingerprint density at radius 1 is 0.769 bits per heavy atom. The summed E-state index contributed by atoms with van der Waals surface area (Å²) in [5.41, 5.74) is -1.65. The number of imidazole rings is 1. The van der Waals surface area contributed by atoms with Gasteiger partial charge in [-0.15, -0.1) is 0 Å². The van der Waals surface area contributed by atoms with E-state index < -0.39 is 16.9 Å². The molecule has 0 saturated heterocycles. The van der Waals surface area contributed by atoms with E-state index in [0.29, 0.717) is 0 Å². The first-order valence-electron chi connectivity index (χ1n) is 3.11. The summed E-state index contributed by atoms with van der Waals surface area (Å²) in [6.07, 6.45) is 0.